The number of nitriles is 1. The molecule has 0 unspecified atom stereocenters. The Bertz CT molecular complexity index is 1290. The Kier molecular flexibility index (Phi) is 5.79. The van der Waals surface area contributed by atoms with Crippen LogP contribution in [0.15, 0.2) is 41.3 Å². The van der Waals surface area contributed by atoms with Crippen molar-refractivity contribution in [3.05, 3.63) is 69.1 Å². The summed E-state index contributed by atoms with van der Waals surface area (Å²) in [7, 11) is 0. The van der Waals surface area contributed by atoms with Gasteiger partial charge in [0.25, 0.3) is 5.56 Å². The molecule has 1 saturated heterocycles. The van der Waals surface area contributed by atoms with Gasteiger partial charge in [0.05, 0.1) is 24.8 Å². The fourth-order valence-corrected chi connectivity index (χ4v) is 3.76. The Morgan fingerprint density at radius 1 is 1.44 bits per heavy atom. The maximum Gasteiger partial charge on any atom is 0.337 e. The lowest BCUT2D eigenvalue weighted by Gasteiger charge is -2.20. The molecule has 2 atom stereocenters. The summed E-state index contributed by atoms with van der Waals surface area (Å²) in [5.41, 5.74) is 1.69. The SMILES string of the molecule is Cc1cc([C@@H](C)Nc2ccccc2C(=O)O)c2nc(O[C@@H]3CCOC3)c(C#N)c(=O)n2c1. The molecule has 1 aliphatic heterocycles. The van der Waals surface area contributed by atoms with Crippen LogP contribution in [-0.2, 0) is 4.74 Å². The van der Waals surface area contributed by atoms with Crippen LogP contribution in [0.3, 0.4) is 0 Å². The van der Waals surface area contributed by atoms with Crippen molar-refractivity contribution in [3.63, 3.8) is 0 Å². The summed E-state index contributed by atoms with van der Waals surface area (Å²) in [6.07, 6.45) is 2.00. The molecule has 1 aromatic carbocycles. The lowest BCUT2D eigenvalue weighted by atomic mass is 10.1. The molecule has 9 heteroatoms. The first-order valence-electron chi connectivity index (χ1n) is 10.2. The minimum Gasteiger partial charge on any atom is -0.478 e. The van der Waals surface area contributed by atoms with E-state index >= 15 is 0 Å². The predicted molar refractivity (Wildman–Crippen MR) is 116 cm³/mol. The Balaban J connectivity index is 1.82. The molecule has 0 saturated carbocycles. The highest BCUT2D eigenvalue weighted by molar-refractivity contribution is 5.94. The number of carboxylic acids is 1. The molecule has 1 fully saturated rings. The van der Waals surface area contributed by atoms with E-state index in [0.717, 1.165) is 5.56 Å². The topological polar surface area (TPSA) is 126 Å². The average molecular weight is 434 g/mol. The van der Waals surface area contributed by atoms with Gasteiger partial charge < -0.3 is 19.9 Å². The molecule has 2 aromatic heterocycles. The number of carbonyl (C=O) groups is 1. The third-order valence-electron chi connectivity index (χ3n) is 5.33. The molecule has 3 heterocycles. The maximum atomic E-state index is 13.1. The van der Waals surface area contributed by atoms with E-state index in [-0.39, 0.29) is 23.1 Å². The van der Waals surface area contributed by atoms with Crippen molar-refractivity contribution in [2.24, 2.45) is 0 Å². The molecule has 0 radical (unpaired) electrons. The van der Waals surface area contributed by atoms with Gasteiger partial charge in [-0.2, -0.15) is 10.2 Å². The van der Waals surface area contributed by atoms with Gasteiger partial charge in [-0.1, -0.05) is 12.1 Å². The first-order valence-corrected chi connectivity index (χ1v) is 10.2. The molecular formula is C23H22N4O5. The number of anilines is 1. The summed E-state index contributed by atoms with van der Waals surface area (Å²) in [4.78, 5) is 29.2. The summed E-state index contributed by atoms with van der Waals surface area (Å²) in [6, 6.07) is 9.99. The van der Waals surface area contributed by atoms with Gasteiger partial charge in [-0.25, -0.2) is 4.79 Å². The van der Waals surface area contributed by atoms with Crippen molar-refractivity contribution in [2.45, 2.75) is 32.4 Å². The maximum absolute atomic E-state index is 13.1. The number of carboxylic acid groups (broad SMARTS) is 1. The summed E-state index contributed by atoms with van der Waals surface area (Å²) in [6.45, 7) is 4.60. The van der Waals surface area contributed by atoms with E-state index < -0.39 is 17.6 Å². The lowest BCUT2D eigenvalue weighted by molar-refractivity contribution is 0.0698. The molecular weight excluding hydrogens is 412 g/mol. The first-order chi connectivity index (χ1) is 15.4. The fourth-order valence-electron chi connectivity index (χ4n) is 3.76. The third-order valence-corrected chi connectivity index (χ3v) is 5.33. The summed E-state index contributed by atoms with van der Waals surface area (Å²) < 4.78 is 12.5. The summed E-state index contributed by atoms with van der Waals surface area (Å²) in [5.74, 6) is -1.06. The number of rotatable bonds is 6. The number of nitrogens with zero attached hydrogens (tertiary/aromatic N) is 3. The molecule has 0 bridgehead atoms. The molecule has 32 heavy (non-hydrogen) atoms. The van der Waals surface area contributed by atoms with Crippen LogP contribution in [0.5, 0.6) is 5.88 Å². The number of aromatic nitrogens is 2. The number of pyridine rings is 1. The van der Waals surface area contributed by atoms with Crippen LogP contribution in [0, 0.1) is 18.3 Å². The van der Waals surface area contributed by atoms with Crippen LogP contribution in [0.2, 0.25) is 0 Å². The van der Waals surface area contributed by atoms with Crippen molar-refractivity contribution >= 4 is 17.3 Å². The highest BCUT2D eigenvalue weighted by atomic mass is 16.5. The monoisotopic (exact) mass is 434 g/mol. The number of para-hydroxylation sites is 1. The normalized spacial score (nSPS) is 16.5. The van der Waals surface area contributed by atoms with Crippen molar-refractivity contribution in [3.8, 4) is 11.9 Å². The van der Waals surface area contributed by atoms with E-state index in [1.807, 2.05) is 26.0 Å². The first kappa shape index (κ1) is 21.3. The number of fused-ring (bicyclic) bond motifs is 1. The van der Waals surface area contributed by atoms with E-state index in [9.17, 15) is 20.0 Å². The van der Waals surface area contributed by atoms with Crippen molar-refractivity contribution in [1.82, 2.24) is 9.38 Å². The highest BCUT2D eigenvalue weighted by Gasteiger charge is 2.24. The number of aromatic carboxylic acids is 1. The third kappa shape index (κ3) is 4.00. The molecule has 9 nitrogen and oxygen atoms in total. The van der Waals surface area contributed by atoms with E-state index in [0.29, 0.717) is 36.5 Å². The van der Waals surface area contributed by atoms with Gasteiger partial charge in [0, 0.05) is 23.9 Å². The zero-order chi connectivity index (χ0) is 22.8. The van der Waals surface area contributed by atoms with Gasteiger partial charge in [-0.15, -0.1) is 0 Å². The number of hydrogen-bond acceptors (Lipinski definition) is 7. The molecule has 0 aliphatic carbocycles. The predicted octanol–water partition coefficient (Wildman–Crippen LogP) is 2.91. The van der Waals surface area contributed by atoms with E-state index in [1.54, 1.807) is 24.4 Å². The largest absolute Gasteiger partial charge is 0.478 e. The van der Waals surface area contributed by atoms with Gasteiger partial charge in [0.1, 0.15) is 17.8 Å². The van der Waals surface area contributed by atoms with E-state index in [2.05, 4.69) is 10.3 Å². The Morgan fingerprint density at radius 3 is 2.91 bits per heavy atom. The lowest BCUT2D eigenvalue weighted by Crippen LogP contribution is -2.25. The second-order valence-corrected chi connectivity index (χ2v) is 7.70. The van der Waals surface area contributed by atoms with Crippen molar-refractivity contribution in [2.75, 3.05) is 18.5 Å². The van der Waals surface area contributed by atoms with E-state index in [4.69, 9.17) is 9.47 Å². The number of ether oxygens (including phenoxy) is 2. The Hall–Kier alpha value is -3.90. The van der Waals surface area contributed by atoms with Gasteiger partial charge in [0.15, 0.2) is 5.56 Å². The fraction of sp³-hybridized carbons (Fsp3) is 0.304. The van der Waals surface area contributed by atoms with Crippen LogP contribution in [0.4, 0.5) is 5.69 Å². The van der Waals surface area contributed by atoms with Gasteiger partial charge in [0.2, 0.25) is 5.88 Å². The quantitative estimate of drug-likeness (QED) is 0.606. The highest BCUT2D eigenvalue weighted by Crippen LogP contribution is 2.27. The van der Waals surface area contributed by atoms with Crippen LogP contribution >= 0.6 is 0 Å². The number of hydrogen-bond donors (Lipinski definition) is 2. The van der Waals surface area contributed by atoms with E-state index in [1.165, 1.54) is 10.5 Å². The second kappa shape index (κ2) is 8.69. The smallest absolute Gasteiger partial charge is 0.337 e. The molecule has 4 rings (SSSR count). The van der Waals surface area contributed by atoms with Crippen LogP contribution in [0.1, 0.15) is 46.4 Å². The molecule has 3 aromatic rings. The molecule has 164 valence electrons. The number of benzene rings is 1. The zero-order valence-corrected chi connectivity index (χ0v) is 17.7. The molecule has 0 spiro atoms. The Morgan fingerprint density at radius 2 is 2.22 bits per heavy atom. The van der Waals surface area contributed by atoms with Gasteiger partial charge in [-0.3, -0.25) is 9.20 Å². The second-order valence-electron chi connectivity index (χ2n) is 7.70. The summed E-state index contributed by atoms with van der Waals surface area (Å²) >= 11 is 0. The van der Waals surface area contributed by atoms with Crippen LogP contribution in [-0.4, -0.2) is 39.8 Å². The standard InChI is InChI=1S/C23H22N4O5/c1-13-9-17(14(2)25-19-6-4-3-5-16(19)23(29)30)20-26-21(32-15-7-8-31-12-15)18(10-24)22(28)27(20)11-13/h3-6,9,11,14-15,25H,7-8,12H2,1-2H3,(H,29,30)/t14-,15-/m1/s1. The van der Waals surface area contributed by atoms with Gasteiger partial charge >= 0.3 is 5.97 Å². The minimum atomic E-state index is -1.04. The summed E-state index contributed by atoms with van der Waals surface area (Å²) in [5, 5.41) is 22.3. The van der Waals surface area contributed by atoms with Crippen LogP contribution < -0.4 is 15.6 Å². The Labute approximate surface area is 183 Å². The molecule has 2 N–H and O–H groups in total. The number of nitrogens with one attached hydrogen (secondary N) is 1. The number of aryl methyl sites for hydroxylation is 1. The zero-order valence-electron chi connectivity index (χ0n) is 17.7. The molecule has 0 amide bonds. The molecule has 1 aliphatic rings. The van der Waals surface area contributed by atoms with Gasteiger partial charge in [-0.05, 0) is 37.6 Å². The van der Waals surface area contributed by atoms with Crippen molar-refractivity contribution in [1.29, 1.82) is 5.26 Å². The van der Waals surface area contributed by atoms with Crippen molar-refractivity contribution < 1.29 is 19.4 Å². The minimum absolute atomic E-state index is 0.0174. The van der Waals surface area contributed by atoms with Crippen LogP contribution in [0.25, 0.3) is 5.65 Å². The average Bonchev–Trinajstić information content (AvgIpc) is 3.27.